The molecule has 2 heterocycles. The monoisotopic (exact) mass is 870 g/mol. The molecule has 0 saturated heterocycles. The summed E-state index contributed by atoms with van der Waals surface area (Å²) < 4.78 is 12.7. The van der Waals surface area contributed by atoms with Crippen LogP contribution in [0, 0.1) is 27.7 Å². The van der Waals surface area contributed by atoms with Crippen LogP contribution in [0.15, 0.2) is 106 Å². The first-order valence-corrected chi connectivity index (χ1v) is 27.4. The summed E-state index contributed by atoms with van der Waals surface area (Å²) in [4.78, 5) is 0. The Hall–Kier alpha value is -3.40. The molecule has 0 N–H and O–H groups in total. The summed E-state index contributed by atoms with van der Waals surface area (Å²) in [5, 5.41) is 0. The van der Waals surface area contributed by atoms with E-state index in [1.54, 1.807) is 0 Å². The van der Waals surface area contributed by atoms with E-state index >= 15 is 0 Å². The van der Waals surface area contributed by atoms with Gasteiger partial charge in [0.15, 0.2) is 0 Å². The SMILES string of the molecule is Cc1ccc(C2=Cc3c(ccc(C)c3-c3ccc(C(C)C)cc3)C2C[Si]CC2C(c3ccc(C)o3)=Cc3c2ccc(C)c3-c2ccc(C(C)C)cc2)o1.[Cl][Zr][Cl]. The van der Waals surface area contributed by atoms with E-state index in [4.69, 9.17) is 25.9 Å². The minimum atomic E-state index is -0.826. The predicted octanol–water partition coefficient (Wildman–Crippen LogP) is 15.6. The summed E-state index contributed by atoms with van der Waals surface area (Å²) in [7, 11) is 10.6. The molecule has 4 aromatic carbocycles. The number of aryl methyl sites for hydroxylation is 4. The zero-order valence-corrected chi connectivity index (χ0v) is 38.7. The second kappa shape index (κ2) is 17.6. The first-order chi connectivity index (χ1) is 27.0. The fraction of sp³-hybridized carbons (Fsp3) is 0.280. The zero-order chi connectivity index (χ0) is 39.7. The Bertz CT molecular complexity index is 2230. The van der Waals surface area contributed by atoms with E-state index in [0.29, 0.717) is 11.8 Å². The van der Waals surface area contributed by atoms with E-state index < -0.39 is 20.8 Å². The molecular formula is C50H50Cl2O2SiZr. The maximum absolute atomic E-state index is 6.35. The van der Waals surface area contributed by atoms with Crippen LogP contribution in [-0.4, -0.2) is 9.52 Å². The molecule has 2 nitrogen and oxygen atoms in total. The van der Waals surface area contributed by atoms with E-state index in [1.807, 2.05) is 13.8 Å². The van der Waals surface area contributed by atoms with Gasteiger partial charge in [-0.1, -0.05) is 100 Å². The molecule has 2 atom stereocenters. The van der Waals surface area contributed by atoms with E-state index in [2.05, 4.69) is 151 Å². The maximum atomic E-state index is 6.35. The molecular weight excluding hydrogens is 823 g/mol. The van der Waals surface area contributed by atoms with Crippen LogP contribution in [0.2, 0.25) is 12.1 Å². The molecule has 0 bridgehead atoms. The molecule has 2 aliphatic carbocycles. The predicted molar refractivity (Wildman–Crippen MR) is 237 cm³/mol. The molecule has 0 aliphatic heterocycles. The Balaban J connectivity index is 0.00000155. The van der Waals surface area contributed by atoms with Crippen molar-refractivity contribution in [1.29, 1.82) is 0 Å². The van der Waals surface area contributed by atoms with Crippen LogP contribution < -0.4 is 0 Å². The van der Waals surface area contributed by atoms with Crippen molar-refractivity contribution in [2.24, 2.45) is 0 Å². The third-order valence-corrected chi connectivity index (χ3v) is 12.9. The minimum absolute atomic E-state index is 0.274. The van der Waals surface area contributed by atoms with Gasteiger partial charge in [-0.25, -0.2) is 0 Å². The normalized spacial score (nSPS) is 15.7. The fourth-order valence-electron chi connectivity index (χ4n) is 8.57. The van der Waals surface area contributed by atoms with Crippen molar-refractivity contribution >= 4 is 49.8 Å². The molecule has 8 rings (SSSR count). The van der Waals surface area contributed by atoms with Crippen molar-refractivity contribution < 1.29 is 29.7 Å². The van der Waals surface area contributed by atoms with Gasteiger partial charge in [-0.2, -0.15) is 0 Å². The Kier molecular flexibility index (Phi) is 12.8. The Morgan fingerprint density at radius 2 is 0.911 bits per heavy atom. The van der Waals surface area contributed by atoms with Crippen molar-refractivity contribution in [2.45, 2.75) is 91.1 Å². The number of rotatable bonds is 10. The summed E-state index contributed by atoms with van der Waals surface area (Å²) in [6.07, 6.45) is 4.87. The van der Waals surface area contributed by atoms with Crippen molar-refractivity contribution in [3.63, 3.8) is 0 Å². The molecule has 0 fully saturated rings. The zero-order valence-electron chi connectivity index (χ0n) is 33.7. The molecule has 56 heavy (non-hydrogen) atoms. The summed E-state index contributed by atoms with van der Waals surface area (Å²) in [5.41, 5.74) is 18.8. The van der Waals surface area contributed by atoms with Crippen LogP contribution in [-0.2, 0) is 20.8 Å². The van der Waals surface area contributed by atoms with Gasteiger partial charge in [0.1, 0.15) is 23.0 Å². The van der Waals surface area contributed by atoms with Gasteiger partial charge < -0.3 is 8.83 Å². The molecule has 0 saturated carbocycles. The van der Waals surface area contributed by atoms with E-state index in [9.17, 15) is 0 Å². The number of benzene rings is 4. The van der Waals surface area contributed by atoms with Crippen LogP contribution in [0.25, 0.3) is 45.6 Å². The van der Waals surface area contributed by atoms with E-state index in [0.717, 1.165) is 44.6 Å². The molecule has 6 aromatic rings. The van der Waals surface area contributed by atoms with Crippen LogP contribution in [0.5, 0.6) is 0 Å². The number of fused-ring (bicyclic) bond motifs is 2. The van der Waals surface area contributed by atoms with Crippen LogP contribution in [0.3, 0.4) is 0 Å². The Labute approximate surface area is 354 Å². The van der Waals surface area contributed by atoms with Gasteiger partial charge in [-0.05, 0) is 155 Å². The van der Waals surface area contributed by atoms with Crippen LogP contribution >= 0.6 is 17.0 Å². The van der Waals surface area contributed by atoms with Crippen molar-refractivity contribution in [3.05, 3.63) is 165 Å². The topological polar surface area (TPSA) is 26.3 Å². The third kappa shape index (κ3) is 8.28. The van der Waals surface area contributed by atoms with Gasteiger partial charge in [0.25, 0.3) is 0 Å². The van der Waals surface area contributed by atoms with Crippen LogP contribution in [0.4, 0.5) is 0 Å². The Morgan fingerprint density at radius 3 is 1.23 bits per heavy atom. The quantitative estimate of drug-likeness (QED) is 0.128. The van der Waals surface area contributed by atoms with Gasteiger partial charge >= 0.3 is 37.9 Å². The first kappa shape index (κ1) is 40.8. The van der Waals surface area contributed by atoms with Gasteiger partial charge in [0.2, 0.25) is 0 Å². The van der Waals surface area contributed by atoms with Crippen LogP contribution in [0.1, 0.15) is 119 Å². The third-order valence-electron chi connectivity index (χ3n) is 11.6. The van der Waals surface area contributed by atoms with Gasteiger partial charge in [-0.15, -0.1) is 0 Å². The number of hydrogen-bond donors (Lipinski definition) is 0. The van der Waals surface area contributed by atoms with Gasteiger partial charge in [0.05, 0.1) is 0 Å². The summed E-state index contributed by atoms with van der Waals surface area (Å²) in [6, 6.07) is 38.5. The van der Waals surface area contributed by atoms with E-state index in [1.165, 1.54) is 77.9 Å². The summed E-state index contributed by atoms with van der Waals surface area (Å²) in [5.74, 6) is 5.46. The number of hydrogen-bond acceptors (Lipinski definition) is 2. The van der Waals surface area contributed by atoms with E-state index in [-0.39, 0.29) is 11.8 Å². The second-order valence-corrected chi connectivity index (χ2v) is 21.0. The molecule has 284 valence electrons. The summed E-state index contributed by atoms with van der Waals surface area (Å²) in [6.45, 7) is 17.6. The molecule has 2 aromatic heterocycles. The second-order valence-electron chi connectivity index (χ2n) is 15.9. The van der Waals surface area contributed by atoms with Gasteiger partial charge in [-0.3, -0.25) is 0 Å². The number of halogens is 2. The molecule has 6 heteroatoms. The Morgan fingerprint density at radius 1 is 0.536 bits per heavy atom. The molecule has 2 unspecified atom stereocenters. The molecule has 0 spiro atoms. The fourth-order valence-corrected chi connectivity index (χ4v) is 10.2. The summed E-state index contributed by atoms with van der Waals surface area (Å²) >= 11 is -0.826. The average molecular weight is 873 g/mol. The average Bonchev–Trinajstić information content (AvgIpc) is 3.97. The van der Waals surface area contributed by atoms with Gasteiger partial charge in [0, 0.05) is 32.5 Å². The first-order valence-electron chi connectivity index (χ1n) is 19.7. The molecule has 0 amide bonds. The molecule has 2 radical (unpaired) electrons. The standard InChI is InChI=1S/C50H50O2Si.2ClH.Zr/c1-29(2)35-13-17-37(18-14-35)49-31(5)9-21-39-43(49)25-41(47-23-11-33(7)51-47)45(39)27-53-28-46-40-22-10-32(6)50(38-19-15-36(16-20-38)30(3)4)44(40)26-42(46)48-24-12-34(8)52-48;;;/h9-26,29-30,45-46H,27-28H2,1-8H3;2*1H;/q;;;+2/p-2. The van der Waals surface area contributed by atoms with Crippen molar-refractivity contribution in [1.82, 2.24) is 0 Å². The van der Waals surface area contributed by atoms with Crippen molar-refractivity contribution in [2.75, 3.05) is 0 Å². The molecule has 2 aliphatic rings. The number of furan rings is 2. The number of allylic oxidation sites excluding steroid dienone is 2. The van der Waals surface area contributed by atoms with Crippen molar-refractivity contribution in [3.8, 4) is 22.3 Å².